The van der Waals surface area contributed by atoms with E-state index in [0.717, 1.165) is 17.7 Å². The first kappa shape index (κ1) is 22.4. The number of benzene rings is 3. The van der Waals surface area contributed by atoms with Crippen LogP contribution in [-0.4, -0.2) is 29.4 Å². The highest BCUT2D eigenvalue weighted by Gasteiger charge is 2.28. The zero-order valence-electron chi connectivity index (χ0n) is 17.8. The zero-order chi connectivity index (χ0) is 23.5. The van der Waals surface area contributed by atoms with Gasteiger partial charge in [0.15, 0.2) is 6.10 Å². The van der Waals surface area contributed by atoms with Gasteiger partial charge in [0.05, 0.1) is 0 Å². The summed E-state index contributed by atoms with van der Waals surface area (Å²) in [5.74, 6) is -2.89. The van der Waals surface area contributed by atoms with E-state index in [1.165, 1.54) is 18.2 Å². The number of nitrogens with one attached hydrogen (secondary N) is 1. The van der Waals surface area contributed by atoms with Crippen molar-refractivity contribution in [2.24, 2.45) is 0 Å². The second kappa shape index (κ2) is 9.36. The van der Waals surface area contributed by atoms with Gasteiger partial charge in [-0.3, -0.25) is 9.59 Å². The fourth-order valence-corrected chi connectivity index (χ4v) is 3.69. The summed E-state index contributed by atoms with van der Waals surface area (Å²) >= 11 is 0. The van der Waals surface area contributed by atoms with E-state index < -0.39 is 29.2 Å². The monoisotopic (exact) mass is 454 g/mol. The molecule has 33 heavy (non-hydrogen) atoms. The molecule has 0 aromatic heterocycles. The highest BCUT2D eigenvalue weighted by Crippen LogP contribution is 2.29. The summed E-state index contributed by atoms with van der Waals surface area (Å²) in [6.07, 6.45) is -0.190. The van der Waals surface area contributed by atoms with E-state index in [9.17, 15) is 22.8 Å². The first-order valence-electron chi connectivity index (χ1n) is 10.4. The first-order chi connectivity index (χ1) is 15.8. The Kier molecular flexibility index (Phi) is 6.35. The Morgan fingerprint density at radius 3 is 2.45 bits per heavy atom. The molecule has 0 radical (unpaired) electrons. The van der Waals surface area contributed by atoms with Gasteiger partial charge in [-0.25, -0.2) is 13.2 Å². The van der Waals surface area contributed by atoms with Crippen LogP contribution in [0.2, 0.25) is 0 Å². The van der Waals surface area contributed by atoms with Crippen molar-refractivity contribution in [2.75, 3.05) is 11.9 Å². The molecule has 0 saturated heterocycles. The lowest BCUT2D eigenvalue weighted by Crippen LogP contribution is -2.39. The predicted octanol–water partition coefficient (Wildman–Crippen LogP) is 4.71. The number of rotatable bonds is 5. The summed E-state index contributed by atoms with van der Waals surface area (Å²) in [7, 11) is 0. The SMILES string of the molecule is C[C@@H]1Oc2ccc(NC(=O)c3c(F)cccc3F)cc2CN(CCc2ccc(F)cc2)C1=O. The molecule has 1 aliphatic rings. The Morgan fingerprint density at radius 1 is 1.06 bits per heavy atom. The maximum absolute atomic E-state index is 13.9. The molecule has 170 valence electrons. The number of ether oxygens (including phenoxy) is 1. The van der Waals surface area contributed by atoms with Crippen molar-refractivity contribution in [3.63, 3.8) is 0 Å². The van der Waals surface area contributed by atoms with Crippen LogP contribution in [0.4, 0.5) is 18.9 Å². The number of anilines is 1. The Bertz CT molecular complexity index is 1180. The number of carbonyl (C=O) groups excluding carboxylic acids is 2. The van der Waals surface area contributed by atoms with Gasteiger partial charge in [0.1, 0.15) is 28.8 Å². The van der Waals surface area contributed by atoms with Crippen LogP contribution in [0.1, 0.15) is 28.4 Å². The minimum absolute atomic E-state index is 0.202. The maximum atomic E-state index is 13.9. The molecular formula is C25H21F3N2O3. The highest BCUT2D eigenvalue weighted by atomic mass is 19.1. The van der Waals surface area contributed by atoms with Crippen LogP contribution >= 0.6 is 0 Å². The van der Waals surface area contributed by atoms with Gasteiger partial charge in [0.2, 0.25) is 0 Å². The van der Waals surface area contributed by atoms with E-state index >= 15 is 0 Å². The van der Waals surface area contributed by atoms with Crippen LogP contribution < -0.4 is 10.1 Å². The van der Waals surface area contributed by atoms with Gasteiger partial charge in [-0.1, -0.05) is 18.2 Å². The average Bonchev–Trinajstić information content (AvgIpc) is 2.89. The Balaban J connectivity index is 1.53. The normalized spacial score (nSPS) is 15.5. The van der Waals surface area contributed by atoms with Crippen molar-refractivity contribution in [3.8, 4) is 5.75 Å². The molecule has 3 aromatic carbocycles. The molecule has 8 heteroatoms. The molecule has 3 aromatic rings. The van der Waals surface area contributed by atoms with Crippen LogP contribution in [0.3, 0.4) is 0 Å². The quantitative estimate of drug-likeness (QED) is 0.608. The molecule has 0 fully saturated rings. The number of hydrogen-bond acceptors (Lipinski definition) is 3. The predicted molar refractivity (Wildman–Crippen MR) is 116 cm³/mol. The van der Waals surface area contributed by atoms with Crippen molar-refractivity contribution in [1.82, 2.24) is 4.90 Å². The number of halogens is 3. The Labute approximate surface area is 188 Å². The number of nitrogens with zero attached hydrogens (tertiary/aromatic N) is 1. The van der Waals surface area contributed by atoms with E-state index in [1.54, 1.807) is 42.2 Å². The molecule has 0 aliphatic carbocycles. The van der Waals surface area contributed by atoms with Gasteiger partial charge in [0, 0.05) is 24.3 Å². The smallest absolute Gasteiger partial charge is 0.263 e. The summed E-state index contributed by atoms with van der Waals surface area (Å²) in [4.78, 5) is 26.9. The molecule has 5 nitrogen and oxygen atoms in total. The van der Waals surface area contributed by atoms with Gasteiger partial charge in [0.25, 0.3) is 11.8 Å². The largest absolute Gasteiger partial charge is 0.481 e. The minimum atomic E-state index is -0.961. The molecule has 0 unspecified atom stereocenters. The lowest BCUT2D eigenvalue weighted by Gasteiger charge is -2.22. The molecule has 2 amide bonds. The fourth-order valence-electron chi connectivity index (χ4n) is 3.69. The van der Waals surface area contributed by atoms with Gasteiger partial charge >= 0.3 is 0 Å². The summed E-state index contributed by atoms with van der Waals surface area (Å²) in [5, 5.41) is 2.50. The molecule has 1 N–H and O–H groups in total. The molecule has 1 aliphatic heterocycles. The second-order valence-electron chi connectivity index (χ2n) is 7.77. The summed E-state index contributed by atoms with van der Waals surface area (Å²) in [5.41, 5.74) is 1.16. The Morgan fingerprint density at radius 2 is 1.76 bits per heavy atom. The zero-order valence-corrected chi connectivity index (χ0v) is 17.8. The van der Waals surface area contributed by atoms with Crippen LogP contribution in [-0.2, 0) is 17.8 Å². The van der Waals surface area contributed by atoms with E-state index in [-0.39, 0.29) is 18.3 Å². The first-order valence-corrected chi connectivity index (χ1v) is 10.4. The minimum Gasteiger partial charge on any atom is -0.481 e. The third-order valence-corrected chi connectivity index (χ3v) is 5.42. The van der Waals surface area contributed by atoms with E-state index in [0.29, 0.717) is 30.0 Å². The van der Waals surface area contributed by atoms with Gasteiger partial charge in [-0.05, 0) is 61.4 Å². The van der Waals surface area contributed by atoms with Crippen molar-refractivity contribution >= 4 is 17.5 Å². The van der Waals surface area contributed by atoms with Crippen LogP contribution in [0, 0.1) is 17.5 Å². The van der Waals surface area contributed by atoms with Crippen molar-refractivity contribution in [3.05, 3.63) is 94.8 Å². The molecule has 0 spiro atoms. The molecule has 4 rings (SSSR count). The number of amides is 2. The van der Waals surface area contributed by atoms with Gasteiger partial charge < -0.3 is 15.0 Å². The lowest BCUT2D eigenvalue weighted by atomic mass is 10.1. The van der Waals surface area contributed by atoms with E-state index in [4.69, 9.17) is 4.74 Å². The fraction of sp³-hybridized carbons (Fsp3) is 0.200. The van der Waals surface area contributed by atoms with Gasteiger partial charge in [-0.2, -0.15) is 0 Å². The van der Waals surface area contributed by atoms with Crippen LogP contribution in [0.5, 0.6) is 5.75 Å². The molecular weight excluding hydrogens is 433 g/mol. The highest BCUT2D eigenvalue weighted by molar-refractivity contribution is 6.04. The topological polar surface area (TPSA) is 58.6 Å². The third kappa shape index (κ3) is 5.00. The second-order valence-corrected chi connectivity index (χ2v) is 7.77. The molecule has 0 saturated carbocycles. The average molecular weight is 454 g/mol. The van der Waals surface area contributed by atoms with Crippen LogP contribution in [0.15, 0.2) is 60.7 Å². The standard InChI is InChI=1S/C25H21F3N2O3/c1-15-25(32)30(12-11-16-5-7-18(26)8-6-16)14-17-13-19(9-10-22(17)33-15)29-24(31)23-20(27)3-2-4-21(23)28/h2-10,13,15H,11-12,14H2,1H3,(H,29,31)/t15-/m0/s1. The van der Waals surface area contributed by atoms with E-state index in [2.05, 4.69) is 5.32 Å². The summed E-state index contributed by atoms with van der Waals surface area (Å²) < 4.78 is 46.8. The van der Waals surface area contributed by atoms with Gasteiger partial charge in [-0.15, -0.1) is 0 Å². The summed E-state index contributed by atoms with van der Waals surface area (Å²) in [6.45, 7) is 2.26. The van der Waals surface area contributed by atoms with Crippen molar-refractivity contribution in [1.29, 1.82) is 0 Å². The van der Waals surface area contributed by atoms with Crippen LogP contribution in [0.25, 0.3) is 0 Å². The summed E-state index contributed by atoms with van der Waals surface area (Å²) in [6, 6.07) is 14.0. The molecule has 1 heterocycles. The van der Waals surface area contributed by atoms with E-state index in [1.807, 2.05) is 0 Å². The Hall–Kier alpha value is -3.81. The number of hydrogen-bond donors (Lipinski definition) is 1. The number of carbonyl (C=O) groups is 2. The number of fused-ring (bicyclic) bond motifs is 1. The molecule has 1 atom stereocenters. The van der Waals surface area contributed by atoms with Crippen molar-refractivity contribution < 1.29 is 27.5 Å². The third-order valence-electron chi connectivity index (χ3n) is 5.42. The maximum Gasteiger partial charge on any atom is 0.263 e. The van der Waals surface area contributed by atoms with Crippen molar-refractivity contribution in [2.45, 2.75) is 26.0 Å². The lowest BCUT2D eigenvalue weighted by molar-refractivity contribution is -0.137. The molecule has 0 bridgehead atoms.